The smallest absolute Gasteiger partial charge is 0.106 e. The summed E-state index contributed by atoms with van der Waals surface area (Å²) in [7, 11) is 4.27. The Morgan fingerprint density at radius 1 is 0.706 bits per heavy atom. The summed E-state index contributed by atoms with van der Waals surface area (Å²) >= 11 is 0. The van der Waals surface area contributed by atoms with Gasteiger partial charge in [-0.1, -0.05) is 12.1 Å². The van der Waals surface area contributed by atoms with Crippen molar-refractivity contribution < 1.29 is 0 Å². The molecule has 34 heavy (non-hydrogen) atoms. The zero-order chi connectivity index (χ0) is 23.0. The van der Waals surface area contributed by atoms with Crippen LogP contribution in [0.25, 0.3) is 22.1 Å². The fourth-order valence-electron chi connectivity index (χ4n) is 9.56. The highest BCUT2D eigenvalue weighted by molar-refractivity contribution is 5.79. The number of aromatic nitrogens is 4. The molecule has 0 N–H and O–H groups in total. The average Bonchev–Trinajstić information content (AvgIpc) is 3.32. The molecule has 0 saturated heterocycles. The lowest BCUT2D eigenvalue weighted by atomic mass is 9.47. The van der Waals surface area contributed by atoms with Crippen LogP contribution in [0.5, 0.6) is 0 Å². The van der Waals surface area contributed by atoms with E-state index in [9.17, 15) is 0 Å². The standard InChI is InChI=1S/C30H34N4/c1-17-31-25-12-20(5-7-27(25)33(17)3)30(21-6-8-28-26(13-21)32-18(2)34(28)4)23-10-19-9-22(11-23)29(14-19)15-24(30)16-29/h5-8,12-13,19,22-24H,9-11,14-16H2,1-4H3. The van der Waals surface area contributed by atoms with Crippen LogP contribution in [0.15, 0.2) is 36.4 Å². The van der Waals surface area contributed by atoms with Gasteiger partial charge in [-0.05, 0) is 117 Å². The number of hydrogen-bond acceptors (Lipinski definition) is 2. The van der Waals surface area contributed by atoms with Crippen LogP contribution in [0, 0.1) is 42.9 Å². The Kier molecular flexibility index (Phi) is 3.55. The maximum absolute atomic E-state index is 4.97. The molecule has 3 atom stereocenters. The van der Waals surface area contributed by atoms with Gasteiger partial charge in [-0.2, -0.15) is 0 Å². The third kappa shape index (κ3) is 2.17. The minimum Gasteiger partial charge on any atom is -0.331 e. The number of rotatable bonds is 2. The summed E-state index contributed by atoms with van der Waals surface area (Å²) in [5.74, 6) is 5.52. The van der Waals surface area contributed by atoms with Crippen LogP contribution >= 0.6 is 0 Å². The van der Waals surface area contributed by atoms with Crippen molar-refractivity contribution >= 4 is 22.1 Å². The van der Waals surface area contributed by atoms with E-state index < -0.39 is 0 Å². The van der Waals surface area contributed by atoms with Gasteiger partial charge < -0.3 is 9.13 Å². The van der Waals surface area contributed by atoms with Crippen LogP contribution in [0.2, 0.25) is 0 Å². The maximum atomic E-state index is 4.97. The van der Waals surface area contributed by atoms with E-state index in [2.05, 4.69) is 73.5 Å². The Balaban J connectivity index is 1.41. The van der Waals surface area contributed by atoms with E-state index in [0.29, 0.717) is 5.41 Å². The van der Waals surface area contributed by atoms with E-state index in [1.54, 1.807) is 0 Å². The molecule has 2 aromatic carbocycles. The highest BCUT2D eigenvalue weighted by Gasteiger charge is 2.68. The van der Waals surface area contributed by atoms with Crippen LogP contribution < -0.4 is 0 Å². The summed E-state index contributed by atoms with van der Waals surface area (Å²) in [6.07, 6.45) is 8.65. The molecule has 4 aromatic rings. The van der Waals surface area contributed by atoms with Crippen LogP contribution in [0.3, 0.4) is 0 Å². The summed E-state index contributed by atoms with van der Waals surface area (Å²) in [6.45, 7) is 4.24. The predicted molar refractivity (Wildman–Crippen MR) is 136 cm³/mol. The van der Waals surface area contributed by atoms with Gasteiger partial charge in [-0.15, -0.1) is 0 Å². The molecule has 2 aromatic heterocycles. The van der Waals surface area contributed by atoms with Crippen molar-refractivity contribution in [3.63, 3.8) is 0 Å². The number of fused-ring (bicyclic) bond motifs is 3. The van der Waals surface area contributed by atoms with Crippen molar-refractivity contribution in [1.82, 2.24) is 19.1 Å². The van der Waals surface area contributed by atoms with E-state index in [1.807, 2.05) is 0 Å². The van der Waals surface area contributed by atoms with E-state index in [-0.39, 0.29) is 5.41 Å². The SMILES string of the molecule is Cc1nc2cc(C3(c4ccc5c(c4)nc(C)n5C)C4CC5CC(C4)C4(C5)CC3C4)ccc2n1C. The first-order valence-corrected chi connectivity index (χ1v) is 13.3. The third-order valence-corrected chi connectivity index (χ3v) is 11.1. The number of hydrogen-bond donors (Lipinski definition) is 0. The van der Waals surface area contributed by atoms with Crippen molar-refractivity contribution in [2.24, 2.45) is 43.2 Å². The van der Waals surface area contributed by atoms with Crippen LogP contribution in [0.4, 0.5) is 0 Å². The normalized spacial score (nSPS) is 32.9. The van der Waals surface area contributed by atoms with E-state index in [0.717, 1.165) is 46.4 Å². The Hall–Kier alpha value is -2.62. The lowest BCUT2D eigenvalue weighted by Gasteiger charge is -2.57. The summed E-state index contributed by atoms with van der Waals surface area (Å²) in [5.41, 5.74) is 8.56. The molecule has 1 spiro atoms. The average molecular weight is 451 g/mol. The first-order valence-electron chi connectivity index (χ1n) is 13.3. The lowest BCUT2D eigenvalue weighted by Crippen LogP contribution is -2.51. The van der Waals surface area contributed by atoms with Crippen molar-refractivity contribution in [2.45, 2.75) is 57.8 Å². The highest BCUT2D eigenvalue weighted by Crippen LogP contribution is 2.75. The van der Waals surface area contributed by atoms with Crippen molar-refractivity contribution in [2.75, 3.05) is 0 Å². The Morgan fingerprint density at radius 3 is 1.85 bits per heavy atom. The van der Waals surface area contributed by atoms with Gasteiger partial charge in [0, 0.05) is 19.5 Å². The minimum atomic E-state index is 0.0799. The Labute approximate surface area is 201 Å². The molecule has 174 valence electrons. The largest absolute Gasteiger partial charge is 0.331 e. The molecule has 4 nitrogen and oxygen atoms in total. The molecule has 9 rings (SSSR count). The van der Waals surface area contributed by atoms with Gasteiger partial charge in [0.2, 0.25) is 0 Å². The molecule has 5 aliphatic carbocycles. The first kappa shape index (κ1) is 19.7. The monoisotopic (exact) mass is 450 g/mol. The second kappa shape index (κ2) is 6.13. The lowest BCUT2D eigenvalue weighted by molar-refractivity contribution is -0.00810. The topological polar surface area (TPSA) is 35.6 Å². The van der Waals surface area contributed by atoms with Gasteiger partial charge in [0.15, 0.2) is 0 Å². The minimum absolute atomic E-state index is 0.0799. The number of nitrogens with zero attached hydrogens (tertiary/aromatic N) is 4. The summed E-state index contributed by atoms with van der Waals surface area (Å²) in [4.78, 5) is 9.94. The molecule has 5 fully saturated rings. The predicted octanol–water partition coefficient (Wildman–Crippen LogP) is 6.21. The van der Waals surface area contributed by atoms with Crippen LogP contribution in [0.1, 0.15) is 61.3 Å². The molecular weight excluding hydrogens is 416 g/mol. The fraction of sp³-hybridized carbons (Fsp3) is 0.533. The molecule has 0 amide bonds. The highest BCUT2D eigenvalue weighted by atomic mass is 15.1. The zero-order valence-corrected chi connectivity index (χ0v) is 20.8. The molecule has 5 saturated carbocycles. The second-order valence-electron chi connectivity index (χ2n) is 12.4. The van der Waals surface area contributed by atoms with Crippen molar-refractivity contribution in [1.29, 1.82) is 0 Å². The van der Waals surface area contributed by atoms with E-state index in [4.69, 9.17) is 9.97 Å². The van der Waals surface area contributed by atoms with Gasteiger partial charge >= 0.3 is 0 Å². The molecule has 5 aliphatic rings. The number of imidazole rings is 2. The van der Waals surface area contributed by atoms with E-state index in [1.165, 1.54) is 60.7 Å². The first-order chi connectivity index (χ1) is 16.4. The Morgan fingerprint density at radius 2 is 1.26 bits per heavy atom. The molecule has 4 heteroatoms. The fourth-order valence-corrected chi connectivity index (χ4v) is 9.56. The molecule has 0 aliphatic heterocycles. The summed E-state index contributed by atoms with van der Waals surface area (Å²) < 4.78 is 4.46. The quantitative estimate of drug-likeness (QED) is 0.364. The molecule has 5 bridgehead atoms. The molecular formula is C30H34N4. The second-order valence-corrected chi connectivity index (χ2v) is 12.4. The van der Waals surface area contributed by atoms with E-state index >= 15 is 0 Å². The third-order valence-electron chi connectivity index (χ3n) is 11.1. The van der Waals surface area contributed by atoms with Gasteiger partial charge in [-0.25, -0.2) is 9.97 Å². The maximum Gasteiger partial charge on any atom is 0.106 e. The van der Waals surface area contributed by atoms with Gasteiger partial charge in [0.25, 0.3) is 0 Å². The van der Waals surface area contributed by atoms with Crippen LogP contribution in [-0.4, -0.2) is 19.1 Å². The van der Waals surface area contributed by atoms with Gasteiger partial charge in [0.05, 0.1) is 22.1 Å². The molecule has 0 radical (unpaired) electrons. The summed E-state index contributed by atoms with van der Waals surface area (Å²) in [6, 6.07) is 14.5. The zero-order valence-electron chi connectivity index (χ0n) is 20.8. The Bertz CT molecular complexity index is 1410. The van der Waals surface area contributed by atoms with Crippen molar-refractivity contribution in [3.05, 3.63) is 59.2 Å². The molecule has 2 heterocycles. The number of benzene rings is 2. The molecule has 3 unspecified atom stereocenters. The van der Waals surface area contributed by atoms with Crippen molar-refractivity contribution in [3.8, 4) is 0 Å². The number of aryl methyl sites for hydroxylation is 4. The van der Waals surface area contributed by atoms with Gasteiger partial charge in [-0.3, -0.25) is 0 Å². The van der Waals surface area contributed by atoms with Crippen LogP contribution in [-0.2, 0) is 19.5 Å². The van der Waals surface area contributed by atoms with Gasteiger partial charge in [0.1, 0.15) is 11.6 Å². The summed E-state index contributed by atoms with van der Waals surface area (Å²) in [5, 5.41) is 0.